The number of fused-ring (bicyclic) bond motifs is 1. The van der Waals surface area contributed by atoms with E-state index in [4.69, 9.17) is 0 Å². The van der Waals surface area contributed by atoms with E-state index in [1.165, 1.54) is 19.1 Å². The van der Waals surface area contributed by atoms with Gasteiger partial charge in [0.25, 0.3) is 5.91 Å². The number of benzene rings is 2. The Balaban J connectivity index is 1.71. The third-order valence-corrected chi connectivity index (χ3v) is 5.31. The fourth-order valence-corrected chi connectivity index (χ4v) is 3.65. The van der Waals surface area contributed by atoms with E-state index in [1.54, 1.807) is 24.3 Å². The third kappa shape index (κ3) is 4.32. The lowest BCUT2D eigenvalue weighted by atomic mass is 10.0. The zero-order valence-corrected chi connectivity index (χ0v) is 15.5. The van der Waals surface area contributed by atoms with Crippen LogP contribution in [0.3, 0.4) is 0 Å². The van der Waals surface area contributed by atoms with Gasteiger partial charge in [-0.05, 0) is 36.8 Å². The summed E-state index contributed by atoms with van der Waals surface area (Å²) >= 11 is 1.14. The summed E-state index contributed by atoms with van der Waals surface area (Å²) < 4.78 is 39.3. The molecule has 0 radical (unpaired) electrons. The molecule has 0 unspecified atom stereocenters. The van der Waals surface area contributed by atoms with Gasteiger partial charge in [0.15, 0.2) is 6.10 Å². The van der Waals surface area contributed by atoms with E-state index in [2.05, 4.69) is 10.3 Å². The predicted molar refractivity (Wildman–Crippen MR) is 98.6 cm³/mol. The van der Waals surface area contributed by atoms with Crippen LogP contribution < -0.4 is 5.32 Å². The van der Waals surface area contributed by atoms with Crippen LogP contribution in [0.4, 0.5) is 13.2 Å². The van der Waals surface area contributed by atoms with Gasteiger partial charge in [-0.2, -0.15) is 13.2 Å². The summed E-state index contributed by atoms with van der Waals surface area (Å²) in [5.41, 5.74) is 0.0255. The van der Waals surface area contributed by atoms with Gasteiger partial charge in [-0.3, -0.25) is 4.79 Å². The maximum absolute atomic E-state index is 12.8. The van der Waals surface area contributed by atoms with Crippen molar-refractivity contribution in [2.45, 2.75) is 31.3 Å². The molecule has 0 spiro atoms. The van der Waals surface area contributed by atoms with Crippen LogP contribution in [0.2, 0.25) is 0 Å². The first kappa shape index (κ1) is 20.2. The molecule has 2 aromatic carbocycles. The number of nitrogens with zero attached hydrogens (tertiary/aromatic N) is 1. The minimum Gasteiger partial charge on any atom is -0.383 e. The summed E-state index contributed by atoms with van der Waals surface area (Å²) in [6.45, 7) is 1.49. The van der Waals surface area contributed by atoms with Crippen molar-refractivity contribution in [1.29, 1.82) is 0 Å². The molecule has 0 bridgehead atoms. The molecular formula is C19H17F3N2O3S. The lowest BCUT2D eigenvalue weighted by molar-refractivity contribution is -0.137. The van der Waals surface area contributed by atoms with E-state index >= 15 is 0 Å². The average molecular weight is 410 g/mol. The number of nitrogens with one attached hydrogen (secondary N) is 1. The molecule has 1 aromatic heterocycles. The summed E-state index contributed by atoms with van der Waals surface area (Å²) in [5.74, 6) is -0.906. The van der Waals surface area contributed by atoms with Crippen molar-refractivity contribution in [1.82, 2.24) is 10.3 Å². The van der Waals surface area contributed by atoms with Crippen molar-refractivity contribution in [3.8, 4) is 0 Å². The summed E-state index contributed by atoms with van der Waals surface area (Å²) in [4.78, 5) is 16.5. The molecule has 0 aliphatic rings. The van der Waals surface area contributed by atoms with Gasteiger partial charge in [0.05, 0.1) is 21.8 Å². The van der Waals surface area contributed by atoms with Crippen LogP contribution in [0.5, 0.6) is 0 Å². The molecule has 28 heavy (non-hydrogen) atoms. The maximum Gasteiger partial charge on any atom is 0.416 e. The SMILES string of the molecule is C[C@H](NC(=O)[C@@H](O)[C@H](O)c1nc2ccccc2s1)c1cccc(C(F)(F)F)c1. The first-order chi connectivity index (χ1) is 13.2. The zero-order chi connectivity index (χ0) is 20.5. The highest BCUT2D eigenvalue weighted by Crippen LogP contribution is 2.31. The molecule has 1 amide bonds. The monoisotopic (exact) mass is 410 g/mol. The number of para-hydroxylation sites is 1. The van der Waals surface area contributed by atoms with Crippen molar-refractivity contribution >= 4 is 27.5 Å². The van der Waals surface area contributed by atoms with Gasteiger partial charge >= 0.3 is 6.18 Å². The van der Waals surface area contributed by atoms with Crippen molar-refractivity contribution in [3.63, 3.8) is 0 Å². The Hall–Kier alpha value is -2.49. The number of aliphatic hydroxyl groups excluding tert-OH is 2. The molecule has 3 aromatic rings. The summed E-state index contributed by atoms with van der Waals surface area (Å²) in [5, 5.41) is 23.0. The Morgan fingerprint density at radius 3 is 2.54 bits per heavy atom. The number of thiazole rings is 1. The lowest BCUT2D eigenvalue weighted by Crippen LogP contribution is -2.39. The number of carbonyl (C=O) groups is 1. The molecule has 0 saturated carbocycles. The fraction of sp³-hybridized carbons (Fsp3) is 0.263. The zero-order valence-electron chi connectivity index (χ0n) is 14.6. The number of aromatic nitrogens is 1. The summed E-state index contributed by atoms with van der Waals surface area (Å²) in [7, 11) is 0. The van der Waals surface area contributed by atoms with Gasteiger partial charge in [0, 0.05) is 0 Å². The lowest BCUT2D eigenvalue weighted by Gasteiger charge is -2.20. The molecule has 1 heterocycles. The number of hydrogen-bond donors (Lipinski definition) is 3. The van der Waals surface area contributed by atoms with Crippen molar-refractivity contribution in [2.75, 3.05) is 0 Å². The molecule has 3 N–H and O–H groups in total. The molecular weight excluding hydrogens is 393 g/mol. The van der Waals surface area contributed by atoms with E-state index in [-0.39, 0.29) is 10.6 Å². The molecule has 0 saturated heterocycles. The van der Waals surface area contributed by atoms with Crippen LogP contribution in [-0.2, 0) is 11.0 Å². The Bertz CT molecular complexity index is 957. The maximum atomic E-state index is 12.8. The molecule has 5 nitrogen and oxygen atoms in total. The molecule has 0 fully saturated rings. The van der Waals surface area contributed by atoms with Crippen molar-refractivity contribution < 1.29 is 28.2 Å². The van der Waals surface area contributed by atoms with E-state index in [1.807, 2.05) is 0 Å². The number of halogens is 3. The first-order valence-electron chi connectivity index (χ1n) is 8.36. The van der Waals surface area contributed by atoms with E-state index in [0.29, 0.717) is 5.52 Å². The number of carbonyl (C=O) groups excluding carboxylic acids is 1. The Labute approximate surface area is 162 Å². The Morgan fingerprint density at radius 2 is 1.86 bits per heavy atom. The van der Waals surface area contributed by atoms with E-state index < -0.39 is 35.9 Å². The van der Waals surface area contributed by atoms with Crippen molar-refractivity contribution in [3.05, 3.63) is 64.7 Å². The summed E-state index contributed by atoms with van der Waals surface area (Å²) in [6.07, 6.45) is -7.86. The molecule has 9 heteroatoms. The predicted octanol–water partition coefficient (Wildman–Crippen LogP) is 3.59. The van der Waals surface area contributed by atoms with Gasteiger partial charge in [-0.15, -0.1) is 11.3 Å². The van der Waals surface area contributed by atoms with Gasteiger partial charge in [0.1, 0.15) is 11.1 Å². The van der Waals surface area contributed by atoms with Crippen LogP contribution in [-0.4, -0.2) is 27.2 Å². The minimum atomic E-state index is -4.50. The largest absolute Gasteiger partial charge is 0.416 e. The van der Waals surface area contributed by atoms with Crippen LogP contribution in [0.25, 0.3) is 10.2 Å². The molecule has 3 atom stereocenters. The second kappa shape index (κ2) is 7.86. The summed E-state index contributed by atoms with van der Waals surface area (Å²) in [6, 6.07) is 10.9. The second-order valence-corrected chi connectivity index (χ2v) is 7.33. The fourth-order valence-electron chi connectivity index (χ4n) is 2.66. The highest BCUT2D eigenvalue weighted by atomic mass is 32.1. The number of hydrogen-bond acceptors (Lipinski definition) is 5. The third-order valence-electron chi connectivity index (χ3n) is 4.20. The highest BCUT2D eigenvalue weighted by molar-refractivity contribution is 7.18. The first-order valence-corrected chi connectivity index (χ1v) is 9.17. The molecule has 0 aliphatic heterocycles. The topological polar surface area (TPSA) is 82.5 Å². The molecule has 3 rings (SSSR count). The van der Waals surface area contributed by atoms with E-state index in [0.717, 1.165) is 28.2 Å². The smallest absolute Gasteiger partial charge is 0.383 e. The van der Waals surface area contributed by atoms with Crippen LogP contribution in [0.15, 0.2) is 48.5 Å². The quantitative estimate of drug-likeness (QED) is 0.600. The Kier molecular flexibility index (Phi) is 5.69. The van der Waals surface area contributed by atoms with Crippen LogP contribution >= 0.6 is 11.3 Å². The standard InChI is InChI=1S/C19H17F3N2O3S/c1-10(11-5-4-6-12(9-11)19(20,21)22)23-17(27)15(25)16(26)18-24-13-7-2-3-8-14(13)28-18/h2-10,15-16,25-26H,1H3,(H,23,27)/t10-,15-,16-/m0/s1. The molecule has 0 aliphatic carbocycles. The highest BCUT2D eigenvalue weighted by Gasteiger charge is 2.32. The van der Waals surface area contributed by atoms with Gasteiger partial charge in [-0.1, -0.05) is 24.3 Å². The second-order valence-electron chi connectivity index (χ2n) is 6.26. The van der Waals surface area contributed by atoms with Gasteiger partial charge in [0.2, 0.25) is 0 Å². The van der Waals surface area contributed by atoms with E-state index in [9.17, 15) is 28.2 Å². The molecule has 148 valence electrons. The van der Waals surface area contributed by atoms with Crippen molar-refractivity contribution in [2.24, 2.45) is 0 Å². The number of aliphatic hydroxyl groups is 2. The Morgan fingerprint density at radius 1 is 1.14 bits per heavy atom. The van der Waals surface area contributed by atoms with Crippen LogP contribution in [0.1, 0.15) is 35.2 Å². The van der Waals surface area contributed by atoms with Gasteiger partial charge < -0.3 is 15.5 Å². The minimum absolute atomic E-state index is 0.176. The number of alkyl halides is 3. The number of rotatable bonds is 5. The van der Waals surface area contributed by atoms with Gasteiger partial charge in [-0.25, -0.2) is 4.98 Å². The number of amides is 1. The normalized spacial score (nSPS) is 15.2. The van der Waals surface area contributed by atoms with Crippen LogP contribution in [0, 0.1) is 0 Å². The average Bonchev–Trinajstić information content (AvgIpc) is 3.10.